The Balaban J connectivity index is 1.67. The Morgan fingerprint density at radius 3 is 2.68 bits per heavy atom. The molecule has 3 rings (SSSR count). The van der Waals surface area contributed by atoms with E-state index < -0.39 is 6.09 Å². The molecule has 2 aromatic carbocycles. The summed E-state index contributed by atoms with van der Waals surface area (Å²) in [6, 6.07) is 13.6. The van der Waals surface area contributed by atoms with Gasteiger partial charge in [-0.1, -0.05) is 12.1 Å². The molecule has 0 unspecified atom stereocenters. The quantitative estimate of drug-likeness (QED) is 0.827. The molecule has 1 aliphatic heterocycles. The van der Waals surface area contributed by atoms with Gasteiger partial charge in [0.05, 0.1) is 6.54 Å². The predicted octanol–water partition coefficient (Wildman–Crippen LogP) is 2.36. The van der Waals surface area contributed by atoms with E-state index in [9.17, 15) is 14.4 Å². The molecule has 0 spiro atoms. The van der Waals surface area contributed by atoms with Crippen molar-refractivity contribution >= 4 is 29.3 Å². The van der Waals surface area contributed by atoms with Crippen molar-refractivity contribution in [3.05, 3.63) is 54.1 Å². The normalized spacial score (nSPS) is 13.1. The Labute approximate surface area is 162 Å². The largest absolute Gasteiger partial charge is 0.484 e. The lowest BCUT2D eigenvalue weighted by molar-refractivity contribution is -0.130. The van der Waals surface area contributed by atoms with Crippen LogP contribution in [-0.2, 0) is 9.53 Å². The van der Waals surface area contributed by atoms with Crippen molar-refractivity contribution in [1.82, 2.24) is 4.90 Å². The average Bonchev–Trinajstić information content (AvgIpc) is 3.12. The van der Waals surface area contributed by atoms with Crippen molar-refractivity contribution in [3.8, 4) is 5.75 Å². The standard InChI is InChI=1S/C20H21N3O5/c1-22(2)18(24)13-28-17-8-3-5-14(11-17)19(25)21-15-6-4-7-16(12-15)23-9-10-27-20(23)26/h3-8,11-12H,9-10,13H2,1-2H3,(H,21,25). The molecule has 146 valence electrons. The molecule has 8 heteroatoms. The van der Waals surface area contributed by atoms with E-state index in [0.717, 1.165) is 0 Å². The van der Waals surface area contributed by atoms with Crippen molar-refractivity contribution < 1.29 is 23.9 Å². The van der Waals surface area contributed by atoms with Gasteiger partial charge in [0.25, 0.3) is 11.8 Å². The fourth-order valence-corrected chi connectivity index (χ4v) is 2.58. The van der Waals surface area contributed by atoms with Crippen LogP contribution in [0.15, 0.2) is 48.5 Å². The minimum absolute atomic E-state index is 0.105. The number of hydrogen-bond acceptors (Lipinski definition) is 5. The highest BCUT2D eigenvalue weighted by atomic mass is 16.6. The summed E-state index contributed by atoms with van der Waals surface area (Å²) < 4.78 is 10.4. The second kappa shape index (κ2) is 8.43. The summed E-state index contributed by atoms with van der Waals surface area (Å²) in [5.41, 5.74) is 1.59. The summed E-state index contributed by atoms with van der Waals surface area (Å²) in [4.78, 5) is 38.8. The number of likely N-dealkylation sites (N-methyl/N-ethyl adjacent to an activating group) is 1. The molecule has 2 aromatic rings. The third-order valence-electron chi connectivity index (χ3n) is 4.13. The van der Waals surface area contributed by atoms with Crippen LogP contribution < -0.4 is 15.0 Å². The van der Waals surface area contributed by atoms with E-state index in [0.29, 0.717) is 35.8 Å². The molecule has 1 heterocycles. The molecule has 1 saturated heterocycles. The molecule has 0 bridgehead atoms. The molecule has 1 aliphatic rings. The van der Waals surface area contributed by atoms with Gasteiger partial charge in [-0.25, -0.2) is 4.79 Å². The predicted molar refractivity (Wildman–Crippen MR) is 104 cm³/mol. The van der Waals surface area contributed by atoms with Gasteiger partial charge in [0.2, 0.25) is 0 Å². The minimum Gasteiger partial charge on any atom is -0.484 e. The van der Waals surface area contributed by atoms with Gasteiger partial charge >= 0.3 is 6.09 Å². The first kappa shape index (κ1) is 19.2. The van der Waals surface area contributed by atoms with E-state index in [1.165, 1.54) is 9.80 Å². The van der Waals surface area contributed by atoms with E-state index in [1.807, 2.05) is 0 Å². The summed E-state index contributed by atoms with van der Waals surface area (Å²) >= 11 is 0. The lowest BCUT2D eigenvalue weighted by atomic mass is 10.2. The average molecular weight is 383 g/mol. The minimum atomic E-state index is -0.402. The molecule has 1 N–H and O–H groups in total. The Bertz CT molecular complexity index is 897. The second-order valence-corrected chi connectivity index (χ2v) is 6.38. The van der Waals surface area contributed by atoms with Gasteiger partial charge in [0, 0.05) is 31.0 Å². The number of carbonyl (C=O) groups is 3. The lowest BCUT2D eigenvalue weighted by Gasteiger charge is -2.14. The number of benzene rings is 2. The molecular formula is C20H21N3O5. The molecule has 0 aliphatic carbocycles. The van der Waals surface area contributed by atoms with Crippen molar-refractivity contribution in [1.29, 1.82) is 0 Å². The van der Waals surface area contributed by atoms with Crippen LogP contribution in [0.2, 0.25) is 0 Å². The molecule has 0 atom stereocenters. The Morgan fingerprint density at radius 1 is 1.18 bits per heavy atom. The topological polar surface area (TPSA) is 88.2 Å². The number of hydrogen-bond donors (Lipinski definition) is 1. The third kappa shape index (κ3) is 4.59. The fraction of sp³-hybridized carbons (Fsp3) is 0.250. The number of nitrogens with zero attached hydrogens (tertiary/aromatic N) is 2. The molecule has 0 aromatic heterocycles. The molecule has 1 fully saturated rings. The Hall–Kier alpha value is -3.55. The smallest absolute Gasteiger partial charge is 0.414 e. The maximum Gasteiger partial charge on any atom is 0.414 e. The maximum absolute atomic E-state index is 12.6. The number of anilines is 2. The Morgan fingerprint density at radius 2 is 1.96 bits per heavy atom. The molecular weight excluding hydrogens is 362 g/mol. The van der Waals surface area contributed by atoms with Gasteiger partial charge in [-0.15, -0.1) is 0 Å². The molecule has 3 amide bonds. The van der Waals surface area contributed by atoms with Crippen LogP contribution in [0.4, 0.5) is 16.2 Å². The van der Waals surface area contributed by atoms with Crippen molar-refractivity contribution in [2.75, 3.05) is 44.1 Å². The van der Waals surface area contributed by atoms with Gasteiger partial charge in [0.15, 0.2) is 6.61 Å². The SMILES string of the molecule is CN(C)C(=O)COc1cccc(C(=O)Nc2cccc(N3CCOC3=O)c2)c1. The first-order valence-electron chi connectivity index (χ1n) is 8.73. The van der Waals surface area contributed by atoms with Crippen LogP contribution in [0.1, 0.15) is 10.4 Å². The summed E-state index contributed by atoms with van der Waals surface area (Å²) in [5.74, 6) is -0.0749. The van der Waals surface area contributed by atoms with E-state index in [1.54, 1.807) is 62.6 Å². The van der Waals surface area contributed by atoms with Crippen LogP contribution in [0, 0.1) is 0 Å². The number of amides is 3. The molecule has 8 nitrogen and oxygen atoms in total. The highest BCUT2D eigenvalue weighted by Gasteiger charge is 2.23. The van der Waals surface area contributed by atoms with E-state index >= 15 is 0 Å². The van der Waals surface area contributed by atoms with E-state index in [-0.39, 0.29) is 18.4 Å². The number of rotatable bonds is 6. The summed E-state index contributed by atoms with van der Waals surface area (Å²) in [5, 5.41) is 2.80. The van der Waals surface area contributed by atoms with Crippen molar-refractivity contribution in [3.63, 3.8) is 0 Å². The first-order chi connectivity index (χ1) is 13.4. The zero-order valence-electron chi connectivity index (χ0n) is 15.7. The summed E-state index contributed by atoms with van der Waals surface area (Å²) in [6.07, 6.45) is -0.402. The molecule has 0 radical (unpaired) electrons. The monoisotopic (exact) mass is 383 g/mol. The second-order valence-electron chi connectivity index (χ2n) is 6.38. The van der Waals surface area contributed by atoms with Gasteiger partial charge in [-0.05, 0) is 36.4 Å². The van der Waals surface area contributed by atoms with Crippen molar-refractivity contribution in [2.45, 2.75) is 0 Å². The van der Waals surface area contributed by atoms with Gasteiger partial charge in [-0.3, -0.25) is 14.5 Å². The Kier molecular flexibility index (Phi) is 5.78. The summed E-state index contributed by atoms with van der Waals surface area (Å²) in [6.45, 7) is 0.714. The highest BCUT2D eigenvalue weighted by molar-refractivity contribution is 6.05. The zero-order valence-corrected chi connectivity index (χ0v) is 15.7. The van der Waals surface area contributed by atoms with Crippen LogP contribution in [0.3, 0.4) is 0 Å². The number of carbonyl (C=O) groups excluding carboxylic acids is 3. The lowest BCUT2D eigenvalue weighted by Crippen LogP contribution is -2.27. The van der Waals surface area contributed by atoms with Crippen LogP contribution in [-0.4, -0.2) is 56.7 Å². The molecule has 0 saturated carbocycles. The number of cyclic esters (lactones) is 1. The van der Waals surface area contributed by atoms with E-state index in [2.05, 4.69) is 5.32 Å². The first-order valence-corrected chi connectivity index (χ1v) is 8.73. The molecule has 28 heavy (non-hydrogen) atoms. The maximum atomic E-state index is 12.6. The van der Waals surface area contributed by atoms with Gasteiger partial charge < -0.3 is 19.7 Å². The van der Waals surface area contributed by atoms with Gasteiger partial charge in [-0.2, -0.15) is 0 Å². The van der Waals surface area contributed by atoms with Crippen LogP contribution >= 0.6 is 0 Å². The van der Waals surface area contributed by atoms with Crippen LogP contribution in [0.25, 0.3) is 0 Å². The highest BCUT2D eigenvalue weighted by Crippen LogP contribution is 2.23. The fourth-order valence-electron chi connectivity index (χ4n) is 2.58. The number of ether oxygens (including phenoxy) is 2. The summed E-state index contributed by atoms with van der Waals surface area (Å²) in [7, 11) is 3.29. The van der Waals surface area contributed by atoms with Gasteiger partial charge in [0.1, 0.15) is 12.4 Å². The third-order valence-corrected chi connectivity index (χ3v) is 4.13. The van der Waals surface area contributed by atoms with E-state index in [4.69, 9.17) is 9.47 Å². The van der Waals surface area contributed by atoms with Crippen LogP contribution in [0.5, 0.6) is 5.75 Å². The van der Waals surface area contributed by atoms with Crippen molar-refractivity contribution in [2.24, 2.45) is 0 Å². The zero-order chi connectivity index (χ0) is 20.1. The number of nitrogens with one attached hydrogen (secondary N) is 1.